The summed E-state index contributed by atoms with van der Waals surface area (Å²) < 4.78 is 0. The first-order chi connectivity index (χ1) is 13.1. The fourth-order valence-electron chi connectivity index (χ4n) is 2.73. The van der Waals surface area contributed by atoms with E-state index in [1.165, 1.54) is 6.20 Å². The third kappa shape index (κ3) is 5.51. The number of benzene rings is 2. The molecule has 5 heteroatoms. The molecule has 0 unspecified atom stereocenters. The highest BCUT2D eigenvalue weighted by Gasteiger charge is 2.07. The summed E-state index contributed by atoms with van der Waals surface area (Å²) in [6.45, 7) is 2.41. The lowest BCUT2D eigenvalue weighted by molar-refractivity contribution is -0.120. The van der Waals surface area contributed by atoms with Gasteiger partial charge in [0, 0.05) is 24.6 Å². The van der Waals surface area contributed by atoms with Crippen molar-refractivity contribution in [2.24, 2.45) is 0 Å². The van der Waals surface area contributed by atoms with Crippen LogP contribution in [0, 0.1) is 6.92 Å². The van der Waals surface area contributed by atoms with E-state index in [2.05, 4.69) is 15.6 Å². The number of anilines is 1. The molecule has 0 atom stereocenters. The Kier molecular flexibility index (Phi) is 5.94. The van der Waals surface area contributed by atoms with Gasteiger partial charge in [-0.3, -0.25) is 14.6 Å². The number of hydrogen-bond acceptors (Lipinski definition) is 3. The van der Waals surface area contributed by atoms with E-state index in [9.17, 15) is 9.59 Å². The molecule has 0 radical (unpaired) electrons. The van der Waals surface area contributed by atoms with Gasteiger partial charge in [-0.25, -0.2) is 0 Å². The Morgan fingerprint density at radius 2 is 1.78 bits per heavy atom. The monoisotopic (exact) mass is 359 g/mol. The SMILES string of the molecule is Cc1cccc(CC(=O)NCc2cccc(NC(=O)c3cccnc3)c2)c1. The lowest BCUT2D eigenvalue weighted by Gasteiger charge is -2.09. The predicted octanol–water partition coefficient (Wildman–Crippen LogP) is 3.50. The number of aromatic nitrogens is 1. The molecule has 0 spiro atoms. The number of carbonyl (C=O) groups excluding carboxylic acids is 2. The van der Waals surface area contributed by atoms with E-state index in [-0.39, 0.29) is 11.8 Å². The second-order valence-corrected chi connectivity index (χ2v) is 6.34. The molecule has 0 aliphatic rings. The molecule has 2 aromatic carbocycles. The summed E-state index contributed by atoms with van der Waals surface area (Å²) in [5.41, 5.74) is 4.21. The molecule has 5 nitrogen and oxygen atoms in total. The van der Waals surface area contributed by atoms with Gasteiger partial charge in [0.15, 0.2) is 0 Å². The van der Waals surface area contributed by atoms with Gasteiger partial charge in [-0.05, 0) is 42.3 Å². The minimum atomic E-state index is -0.219. The normalized spacial score (nSPS) is 10.3. The van der Waals surface area contributed by atoms with Crippen LogP contribution in [0.3, 0.4) is 0 Å². The molecule has 0 saturated carbocycles. The van der Waals surface area contributed by atoms with E-state index in [1.54, 1.807) is 18.3 Å². The van der Waals surface area contributed by atoms with Gasteiger partial charge in [0.1, 0.15) is 0 Å². The van der Waals surface area contributed by atoms with E-state index in [4.69, 9.17) is 0 Å². The maximum atomic E-state index is 12.2. The zero-order chi connectivity index (χ0) is 19.1. The number of hydrogen-bond donors (Lipinski definition) is 2. The zero-order valence-electron chi connectivity index (χ0n) is 15.1. The molecule has 0 aliphatic carbocycles. The molecule has 0 bridgehead atoms. The fraction of sp³-hybridized carbons (Fsp3) is 0.136. The van der Waals surface area contributed by atoms with Crippen molar-refractivity contribution in [2.45, 2.75) is 19.9 Å². The van der Waals surface area contributed by atoms with Crippen LogP contribution in [-0.2, 0) is 17.8 Å². The van der Waals surface area contributed by atoms with Crippen LogP contribution in [0.15, 0.2) is 73.1 Å². The molecule has 1 aromatic heterocycles. The van der Waals surface area contributed by atoms with Crippen LogP contribution in [0.5, 0.6) is 0 Å². The maximum absolute atomic E-state index is 12.2. The lowest BCUT2D eigenvalue weighted by Crippen LogP contribution is -2.24. The smallest absolute Gasteiger partial charge is 0.257 e. The highest BCUT2D eigenvalue weighted by molar-refractivity contribution is 6.04. The van der Waals surface area contributed by atoms with Gasteiger partial charge in [-0.2, -0.15) is 0 Å². The summed E-state index contributed by atoms with van der Waals surface area (Å²) in [6.07, 6.45) is 3.49. The fourth-order valence-corrected chi connectivity index (χ4v) is 2.73. The van der Waals surface area contributed by atoms with Crippen molar-refractivity contribution in [3.05, 3.63) is 95.3 Å². The third-order valence-corrected chi connectivity index (χ3v) is 4.05. The molecule has 0 saturated heterocycles. The zero-order valence-corrected chi connectivity index (χ0v) is 15.1. The Hall–Kier alpha value is -3.47. The number of pyridine rings is 1. The van der Waals surface area contributed by atoms with Crippen molar-refractivity contribution in [3.8, 4) is 0 Å². The van der Waals surface area contributed by atoms with Gasteiger partial charge in [0.25, 0.3) is 5.91 Å². The number of nitrogens with zero attached hydrogens (tertiary/aromatic N) is 1. The highest BCUT2D eigenvalue weighted by Crippen LogP contribution is 2.12. The van der Waals surface area contributed by atoms with Crippen molar-refractivity contribution in [1.82, 2.24) is 10.3 Å². The standard InChI is InChI=1S/C22H21N3O2/c1-16-5-2-6-17(11-16)13-21(26)24-14-18-7-3-9-20(12-18)25-22(27)19-8-4-10-23-15-19/h2-12,15H,13-14H2,1H3,(H,24,26)(H,25,27). The molecule has 136 valence electrons. The second-order valence-electron chi connectivity index (χ2n) is 6.34. The van der Waals surface area contributed by atoms with Crippen LogP contribution in [0.2, 0.25) is 0 Å². The first kappa shape index (κ1) is 18.3. The first-order valence-electron chi connectivity index (χ1n) is 8.73. The van der Waals surface area contributed by atoms with Crippen LogP contribution in [-0.4, -0.2) is 16.8 Å². The largest absolute Gasteiger partial charge is 0.352 e. The molecule has 3 rings (SSSR count). The van der Waals surface area contributed by atoms with Crippen molar-refractivity contribution in [1.29, 1.82) is 0 Å². The Morgan fingerprint density at radius 1 is 0.963 bits per heavy atom. The van der Waals surface area contributed by atoms with Gasteiger partial charge < -0.3 is 10.6 Å². The number of aryl methyl sites for hydroxylation is 1. The topological polar surface area (TPSA) is 71.1 Å². The molecule has 1 heterocycles. The summed E-state index contributed by atoms with van der Waals surface area (Å²) in [4.78, 5) is 28.3. The number of rotatable bonds is 6. The average molecular weight is 359 g/mol. The van der Waals surface area contributed by atoms with Crippen LogP contribution in [0.25, 0.3) is 0 Å². The molecule has 2 N–H and O–H groups in total. The molecule has 0 fully saturated rings. The Bertz CT molecular complexity index is 939. The third-order valence-electron chi connectivity index (χ3n) is 4.05. The summed E-state index contributed by atoms with van der Waals surface area (Å²) >= 11 is 0. The van der Waals surface area contributed by atoms with Crippen molar-refractivity contribution in [2.75, 3.05) is 5.32 Å². The van der Waals surface area contributed by atoms with E-state index in [1.807, 2.05) is 55.5 Å². The van der Waals surface area contributed by atoms with Crippen LogP contribution < -0.4 is 10.6 Å². The number of nitrogens with one attached hydrogen (secondary N) is 2. The minimum absolute atomic E-state index is 0.0367. The van der Waals surface area contributed by atoms with E-state index in [0.29, 0.717) is 24.2 Å². The summed E-state index contributed by atoms with van der Waals surface area (Å²) in [6, 6.07) is 18.8. The van der Waals surface area contributed by atoms with E-state index >= 15 is 0 Å². The summed E-state index contributed by atoms with van der Waals surface area (Å²) in [5, 5.41) is 5.76. The Labute approximate surface area is 158 Å². The van der Waals surface area contributed by atoms with Gasteiger partial charge in [0.2, 0.25) is 5.91 Å². The maximum Gasteiger partial charge on any atom is 0.257 e. The van der Waals surface area contributed by atoms with Crippen molar-refractivity contribution >= 4 is 17.5 Å². The van der Waals surface area contributed by atoms with Crippen molar-refractivity contribution < 1.29 is 9.59 Å². The summed E-state index contributed by atoms with van der Waals surface area (Å²) in [5.74, 6) is -0.255. The van der Waals surface area contributed by atoms with Gasteiger partial charge >= 0.3 is 0 Å². The van der Waals surface area contributed by atoms with E-state index in [0.717, 1.165) is 16.7 Å². The number of amides is 2. The average Bonchev–Trinajstić information content (AvgIpc) is 2.67. The molecular formula is C22H21N3O2. The molecule has 3 aromatic rings. The Morgan fingerprint density at radius 3 is 2.56 bits per heavy atom. The van der Waals surface area contributed by atoms with Gasteiger partial charge in [0.05, 0.1) is 12.0 Å². The lowest BCUT2D eigenvalue weighted by atomic mass is 10.1. The molecule has 2 amide bonds. The minimum Gasteiger partial charge on any atom is -0.352 e. The van der Waals surface area contributed by atoms with Crippen LogP contribution in [0.1, 0.15) is 27.0 Å². The van der Waals surface area contributed by atoms with Gasteiger partial charge in [-0.1, -0.05) is 42.0 Å². The predicted molar refractivity (Wildman–Crippen MR) is 105 cm³/mol. The van der Waals surface area contributed by atoms with Gasteiger partial charge in [-0.15, -0.1) is 0 Å². The molecular weight excluding hydrogens is 338 g/mol. The Balaban J connectivity index is 1.56. The van der Waals surface area contributed by atoms with Crippen LogP contribution in [0.4, 0.5) is 5.69 Å². The molecule has 27 heavy (non-hydrogen) atoms. The highest BCUT2D eigenvalue weighted by atomic mass is 16.2. The second kappa shape index (κ2) is 8.76. The quantitative estimate of drug-likeness (QED) is 0.708. The first-order valence-corrected chi connectivity index (χ1v) is 8.73. The van der Waals surface area contributed by atoms with Crippen LogP contribution >= 0.6 is 0 Å². The van der Waals surface area contributed by atoms with Crippen molar-refractivity contribution in [3.63, 3.8) is 0 Å². The van der Waals surface area contributed by atoms with E-state index < -0.39 is 0 Å². The summed E-state index contributed by atoms with van der Waals surface area (Å²) in [7, 11) is 0. The number of carbonyl (C=O) groups is 2. The molecule has 0 aliphatic heterocycles.